The van der Waals surface area contributed by atoms with E-state index in [2.05, 4.69) is 5.32 Å². The Morgan fingerprint density at radius 2 is 1.82 bits per heavy atom. The van der Waals surface area contributed by atoms with E-state index in [0.717, 1.165) is 18.2 Å². The summed E-state index contributed by atoms with van der Waals surface area (Å²) in [5, 5.41) is 2.61. The van der Waals surface area contributed by atoms with Gasteiger partial charge in [-0.2, -0.15) is 0 Å². The predicted octanol–water partition coefficient (Wildman–Crippen LogP) is 4.12. The van der Waals surface area contributed by atoms with Gasteiger partial charge in [0.05, 0.1) is 0 Å². The summed E-state index contributed by atoms with van der Waals surface area (Å²) in [6.45, 7) is 9.54. The standard InChI is InChI=1S/C21H32F2N2O3/c1-20(2,3)28-19(27)25-16(11-14-10-15(22)6-7-18(14)23)12-17(26)8-9-21(4,5)13-24/h6-7,10,16H,8-9,11-13,24H2,1-5H3,(H,25,27). The molecule has 158 valence electrons. The van der Waals surface area contributed by atoms with Crippen LogP contribution in [-0.4, -0.2) is 30.1 Å². The second-order valence-corrected chi connectivity index (χ2v) is 8.89. The summed E-state index contributed by atoms with van der Waals surface area (Å²) < 4.78 is 32.7. The summed E-state index contributed by atoms with van der Waals surface area (Å²) in [7, 11) is 0. The Morgan fingerprint density at radius 3 is 2.39 bits per heavy atom. The van der Waals surface area contributed by atoms with Crippen molar-refractivity contribution in [3.05, 3.63) is 35.4 Å². The van der Waals surface area contributed by atoms with Gasteiger partial charge in [0, 0.05) is 18.9 Å². The molecule has 0 aromatic heterocycles. The molecule has 0 saturated carbocycles. The maximum atomic E-state index is 14.0. The van der Waals surface area contributed by atoms with Gasteiger partial charge in [0.25, 0.3) is 0 Å². The highest BCUT2D eigenvalue weighted by atomic mass is 19.1. The van der Waals surface area contributed by atoms with Gasteiger partial charge in [-0.1, -0.05) is 13.8 Å². The van der Waals surface area contributed by atoms with Crippen LogP contribution in [0.3, 0.4) is 0 Å². The minimum absolute atomic E-state index is 0.00412. The molecule has 0 aliphatic rings. The monoisotopic (exact) mass is 398 g/mol. The van der Waals surface area contributed by atoms with Gasteiger partial charge in [-0.25, -0.2) is 13.6 Å². The molecule has 0 spiro atoms. The molecule has 5 nitrogen and oxygen atoms in total. The summed E-state index contributed by atoms with van der Waals surface area (Å²) in [5.41, 5.74) is 4.90. The molecule has 0 bridgehead atoms. The second-order valence-electron chi connectivity index (χ2n) is 8.89. The number of amides is 1. The molecule has 0 heterocycles. The van der Waals surface area contributed by atoms with E-state index in [-0.39, 0.29) is 29.6 Å². The van der Waals surface area contributed by atoms with E-state index >= 15 is 0 Å². The Kier molecular flexibility index (Phi) is 8.54. The summed E-state index contributed by atoms with van der Waals surface area (Å²) in [6.07, 6.45) is 0.174. The van der Waals surface area contributed by atoms with Crippen molar-refractivity contribution in [1.82, 2.24) is 5.32 Å². The first-order valence-corrected chi connectivity index (χ1v) is 9.46. The van der Waals surface area contributed by atoms with Gasteiger partial charge in [-0.15, -0.1) is 0 Å². The van der Waals surface area contributed by atoms with Crippen molar-refractivity contribution in [2.24, 2.45) is 11.1 Å². The largest absolute Gasteiger partial charge is 0.444 e. The third kappa shape index (κ3) is 9.26. The zero-order valence-electron chi connectivity index (χ0n) is 17.4. The van der Waals surface area contributed by atoms with Gasteiger partial charge in [0.1, 0.15) is 23.0 Å². The zero-order chi connectivity index (χ0) is 21.5. The number of rotatable bonds is 9. The molecule has 1 amide bonds. The minimum Gasteiger partial charge on any atom is -0.444 e. The van der Waals surface area contributed by atoms with Crippen LogP contribution in [0.15, 0.2) is 18.2 Å². The van der Waals surface area contributed by atoms with Crippen molar-refractivity contribution in [2.45, 2.75) is 71.9 Å². The van der Waals surface area contributed by atoms with Crippen LogP contribution < -0.4 is 11.1 Å². The normalized spacial score (nSPS) is 13.1. The van der Waals surface area contributed by atoms with Crippen molar-refractivity contribution in [2.75, 3.05) is 6.54 Å². The molecule has 28 heavy (non-hydrogen) atoms. The van der Waals surface area contributed by atoms with Gasteiger partial charge in [-0.3, -0.25) is 4.79 Å². The molecule has 0 aliphatic heterocycles. The molecule has 0 fully saturated rings. The molecule has 1 rings (SSSR count). The number of carbonyl (C=O) groups excluding carboxylic acids is 2. The number of carbonyl (C=O) groups is 2. The summed E-state index contributed by atoms with van der Waals surface area (Å²) in [6, 6.07) is 2.41. The molecule has 1 atom stereocenters. The number of hydrogen-bond donors (Lipinski definition) is 2. The lowest BCUT2D eigenvalue weighted by Gasteiger charge is -2.25. The number of halogens is 2. The van der Waals surface area contributed by atoms with E-state index in [4.69, 9.17) is 10.5 Å². The average molecular weight is 398 g/mol. The number of Topliss-reactive ketones (excluding diaryl/α,β-unsaturated/α-hetero) is 1. The average Bonchev–Trinajstić information content (AvgIpc) is 2.54. The lowest BCUT2D eigenvalue weighted by atomic mass is 9.86. The van der Waals surface area contributed by atoms with Crippen LogP contribution >= 0.6 is 0 Å². The first kappa shape index (κ1) is 24.0. The van der Waals surface area contributed by atoms with Crippen LogP contribution in [0, 0.1) is 17.0 Å². The van der Waals surface area contributed by atoms with E-state index in [1.807, 2.05) is 13.8 Å². The van der Waals surface area contributed by atoms with Crippen molar-refractivity contribution >= 4 is 11.9 Å². The SMILES string of the molecule is CC(C)(CN)CCC(=O)CC(Cc1cc(F)ccc1F)NC(=O)OC(C)(C)C. The Hall–Kier alpha value is -2.02. The molecule has 1 aromatic carbocycles. The van der Waals surface area contributed by atoms with Crippen LogP contribution in [0.4, 0.5) is 13.6 Å². The molecule has 0 aliphatic carbocycles. The highest BCUT2D eigenvalue weighted by Crippen LogP contribution is 2.22. The lowest BCUT2D eigenvalue weighted by Crippen LogP contribution is -2.41. The summed E-state index contributed by atoms with van der Waals surface area (Å²) >= 11 is 0. The van der Waals surface area contributed by atoms with Crippen LogP contribution in [0.25, 0.3) is 0 Å². The highest BCUT2D eigenvalue weighted by Gasteiger charge is 2.24. The van der Waals surface area contributed by atoms with Crippen molar-refractivity contribution in [3.63, 3.8) is 0 Å². The zero-order valence-corrected chi connectivity index (χ0v) is 17.4. The van der Waals surface area contributed by atoms with Gasteiger partial charge in [-0.05, 0) is 69.3 Å². The Morgan fingerprint density at radius 1 is 1.18 bits per heavy atom. The first-order valence-electron chi connectivity index (χ1n) is 9.46. The van der Waals surface area contributed by atoms with Gasteiger partial charge >= 0.3 is 6.09 Å². The quantitative estimate of drug-likeness (QED) is 0.655. The van der Waals surface area contributed by atoms with Gasteiger partial charge in [0.2, 0.25) is 0 Å². The smallest absolute Gasteiger partial charge is 0.407 e. The lowest BCUT2D eigenvalue weighted by molar-refractivity contribution is -0.120. The van der Waals surface area contributed by atoms with Crippen LogP contribution in [-0.2, 0) is 16.0 Å². The number of hydrogen-bond acceptors (Lipinski definition) is 4. The number of nitrogens with one attached hydrogen (secondary N) is 1. The molecule has 1 unspecified atom stereocenters. The van der Waals surface area contributed by atoms with Gasteiger partial charge < -0.3 is 15.8 Å². The summed E-state index contributed by atoms with van der Waals surface area (Å²) in [5.74, 6) is -1.25. The van der Waals surface area contributed by atoms with Crippen molar-refractivity contribution in [3.8, 4) is 0 Å². The highest BCUT2D eigenvalue weighted by molar-refractivity contribution is 5.80. The van der Waals surface area contributed by atoms with E-state index in [1.54, 1.807) is 20.8 Å². The van der Waals surface area contributed by atoms with E-state index in [0.29, 0.717) is 19.4 Å². The number of ether oxygens (including phenoxy) is 1. The number of ketones is 1. The fourth-order valence-electron chi connectivity index (χ4n) is 2.57. The maximum Gasteiger partial charge on any atom is 0.407 e. The molecule has 7 heteroatoms. The third-order valence-corrected chi connectivity index (χ3v) is 4.30. The van der Waals surface area contributed by atoms with Crippen molar-refractivity contribution < 1.29 is 23.1 Å². The number of benzene rings is 1. The van der Waals surface area contributed by atoms with Crippen LogP contribution in [0.1, 0.15) is 59.4 Å². The minimum atomic E-state index is -0.714. The summed E-state index contributed by atoms with van der Waals surface area (Å²) in [4.78, 5) is 24.6. The molecule has 1 aromatic rings. The van der Waals surface area contributed by atoms with E-state index < -0.39 is 29.4 Å². The number of nitrogens with two attached hydrogens (primary N) is 1. The molecule has 0 saturated heterocycles. The molecular formula is C21H32F2N2O3. The van der Waals surface area contributed by atoms with Crippen molar-refractivity contribution in [1.29, 1.82) is 0 Å². The van der Waals surface area contributed by atoms with Crippen LogP contribution in [0.2, 0.25) is 0 Å². The Labute approximate surface area is 166 Å². The topological polar surface area (TPSA) is 81.4 Å². The Bertz CT molecular complexity index is 685. The van der Waals surface area contributed by atoms with Gasteiger partial charge in [0.15, 0.2) is 0 Å². The third-order valence-electron chi connectivity index (χ3n) is 4.30. The molecule has 0 radical (unpaired) electrons. The molecular weight excluding hydrogens is 366 g/mol. The fourth-order valence-corrected chi connectivity index (χ4v) is 2.57. The predicted molar refractivity (Wildman–Crippen MR) is 105 cm³/mol. The second kappa shape index (κ2) is 9.96. The Balaban J connectivity index is 2.86. The van der Waals surface area contributed by atoms with E-state index in [9.17, 15) is 18.4 Å². The molecule has 3 N–H and O–H groups in total. The first-order chi connectivity index (χ1) is 12.8. The van der Waals surface area contributed by atoms with E-state index in [1.165, 1.54) is 0 Å². The maximum absolute atomic E-state index is 14.0. The number of alkyl carbamates (subject to hydrolysis) is 1. The fraction of sp³-hybridized carbons (Fsp3) is 0.619. The van der Waals surface area contributed by atoms with Crippen LogP contribution in [0.5, 0.6) is 0 Å².